The van der Waals surface area contributed by atoms with Gasteiger partial charge in [0, 0.05) is 18.8 Å². The van der Waals surface area contributed by atoms with Gasteiger partial charge in [0.25, 0.3) is 0 Å². The van der Waals surface area contributed by atoms with Crippen molar-refractivity contribution in [1.82, 2.24) is 10.3 Å². The first-order valence-electron chi connectivity index (χ1n) is 4.22. The molecule has 1 aromatic rings. The average molecular weight is 295 g/mol. The molecule has 15 heavy (non-hydrogen) atoms. The first-order valence-corrected chi connectivity index (χ1v) is 5.89. The van der Waals surface area contributed by atoms with Crippen LogP contribution in [0.2, 0.25) is 0 Å². The first-order chi connectivity index (χ1) is 7.00. The van der Waals surface area contributed by atoms with E-state index in [-0.39, 0.29) is 12.5 Å². The van der Waals surface area contributed by atoms with Gasteiger partial charge in [0.2, 0.25) is 5.91 Å². The summed E-state index contributed by atoms with van der Waals surface area (Å²) in [5, 5.41) is 23.7. The van der Waals surface area contributed by atoms with Gasteiger partial charge in [-0.2, -0.15) is 0 Å². The Labute approximate surface area is 99.3 Å². The third kappa shape index (κ3) is 3.86. The smallest absolute Gasteiger partial charge is 0.216 e. The molecule has 7 heteroatoms. The van der Waals surface area contributed by atoms with Gasteiger partial charge in [0.05, 0.1) is 0 Å². The van der Waals surface area contributed by atoms with Crippen LogP contribution < -0.4 is 5.32 Å². The normalized spacial score (nSPS) is 14.7. The Bertz CT molecular complexity index is 344. The summed E-state index contributed by atoms with van der Waals surface area (Å²) in [5.41, 5.74) is 0. The van der Waals surface area contributed by atoms with Gasteiger partial charge in [-0.05, 0) is 15.9 Å². The summed E-state index contributed by atoms with van der Waals surface area (Å²) >= 11 is 4.39. The maximum absolute atomic E-state index is 10.6. The molecule has 0 aliphatic heterocycles. The number of carbonyl (C=O) groups is 1. The molecule has 1 rings (SSSR count). The molecule has 84 valence electrons. The van der Waals surface area contributed by atoms with Gasteiger partial charge in [-0.1, -0.05) is 0 Å². The minimum Gasteiger partial charge on any atom is -0.388 e. The summed E-state index contributed by atoms with van der Waals surface area (Å²) in [7, 11) is 0. The average Bonchev–Trinajstić information content (AvgIpc) is 2.60. The molecule has 0 radical (unpaired) electrons. The molecular formula is C8H11BrN2O3S. The van der Waals surface area contributed by atoms with Gasteiger partial charge in [0.1, 0.15) is 21.8 Å². The highest BCUT2D eigenvalue weighted by atomic mass is 79.9. The fraction of sp³-hybridized carbons (Fsp3) is 0.500. The number of thiazole rings is 1. The fourth-order valence-electron chi connectivity index (χ4n) is 0.927. The Kier molecular flexibility index (Phi) is 4.65. The summed E-state index contributed by atoms with van der Waals surface area (Å²) in [5.74, 6) is -0.249. The van der Waals surface area contributed by atoms with E-state index in [4.69, 9.17) is 0 Å². The fourth-order valence-corrected chi connectivity index (χ4v) is 2.23. The maximum atomic E-state index is 10.6. The highest BCUT2D eigenvalue weighted by Gasteiger charge is 2.21. The summed E-state index contributed by atoms with van der Waals surface area (Å²) in [6.45, 7) is 1.35. The van der Waals surface area contributed by atoms with E-state index >= 15 is 0 Å². The standard InChI is InChI=1S/C8H11BrN2O3S/c1-4(12)10-2-5(13)7(14)8-11-6(9)3-15-8/h3,5,7,13-14H,2H2,1H3,(H,10,12). The SMILES string of the molecule is CC(=O)NCC(O)C(O)c1nc(Br)cs1. The van der Waals surface area contributed by atoms with Crippen LogP contribution in [-0.4, -0.2) is 33.8 Å². The van der Waals surface area contributed by atoms with E-state index in [1.807, 2.05) is 0 Å². The molecule has 0 aliphatic rings. The van der Waals surface area contributed by atoms with Crippen LogP contribution in [0.15, 0.2) is 9.98 Å². The van der Waals surface area contributed by atoms with E-state index in [0.29, 0.717) is 9.61 Å². The molecule has 0 saturated heterocycles. The van der Waals surface area contributed by atoms with Crippen molar-refractivity contribution < 1.29 is 15.0 Å². The van der Waals surface area contributed by atoms with Crippen molar-refractivity contribution in [3.63, 3.8) is 0 Å². The lowest BCUT2D eigenvalue weighted by Gasteiger charge is -2.15. The van der Waals surface area contributed by atoms with E-state index in [1.165, 1.54) is 18.3 Å². The zero-order valence-electron chi connectivity index (χ0n) is 7.98. The van der Waals surface area contributed by atoms with Crippen LogP contribution in [0.25, 0.3) is 0 Å². The number of nitrogens with one attached hydrogen (secondary N) is 1. The topological polar surface area (TPSA) is 82.5 Å². The van der Waals surface area contributed by atoms with E-state index in [0.717, 1.165) is 0 Å². The molecule has 1 aromatic heterocycles. The van der Waals surface area contributed by atoms with E-state index in [1.54, 1.807) is 5.38 Å². The van der Waals surface area contributed by atoms with Gasteiger partial charge in [0.15, 0.2) is 0 Å². The number of rotatable bonds is 4. The zero-order chi connectivity index (χ0) is 11.4. The molecule has 0 spiro atoms. The Morgan fingerprint density at radius 1 is 1.73 bits per heavy atom. The van der Waals surface area contributed by atoms with E-state index < -0.39 is 12.2 Å². The lowest BCUT2D eigenvalue weighted by molar-refractivity contribution is -0.119. The molecule has 2 atom stereocenters. The summed E-state index contributed by atoms with van der Waals surface area (Å²) < 4.78 is 0.619. The molecule has 0 aromatic carbocycles. The van der Waals surface area contributed by atoms with Crippen LogP contribution in [0, 0.1) is 0 Å². The zero-order valence-corrected chi connectivity index (χ0v) is 10.4. The molecule has 0 bridgehead atoms. The number of aromatic nitrogens is 1. The molecule has 0 fully saturated rings. The minimum atomic E-state index is -1.08. The number of nitrogens with zero attached hydrogens (tertiary/aromatic N) is 1. The third-order valence-electron chi connectivity index (χ3n) is 1.67. The minimum absolute atomic E-state index is 0.00764. The Morgan fingerprint density at radius 3 is 2.87 bits per heavy atom. The summed E-state index contributed by atoms with van der Waals surface area (Å²) in [6.07, 6.45) is -2.12. The largest absolute Gasteiger partial charge is 0.388 e. The molecular weight excluding hydrogens is 284 g/mol. The van der Waals surface area contributed by atoms with Gasteiger partial charge < -0.3 is 15.5 Å². The summed E-state index contributed by atoms with van der Waals surface area (Å²) in [4.78, 5) is 14.6. The van der Waals surface area contributed by atoms with Crippen LogP contribution in [0.3, 0.4) is 0 Å². The second-order valence-corrected chi connectivity index (χ2v) is 4.66. The first kappa shape index (κ1) is 12.6. The number of aliphatic hydroxyl groups is 2. The van der Waals surface area contributed by atoms with Gasteiger partial charge in [-0.15, -0.1) is 11.3 Å². The van der Waals surface area contributed by atoms with Crippen molar-refractivity contribution in [2.75, 3.05) is 6.54 Å². The molecule has 3 N–H and O–H groups in total. The lowest BCUT2D eigenvalue weighted by Crippen LogP contribution is -2.34. The van der Waals surface area contributed by atoms with Crippen LogP contribution in [0.5, 0.6) is 0 Å². The predicted octanol–water partition coefficient (Wildman–Crippen LogP) is 0.436. The van der Waals surface area contributed by atoms with Crippen molar-refractivity contribution in [2.45, 2.75) is 19.1 Å². The molecule has 0 saturated carbocycles. The Hall–Kier alpha value is -0.500. The van der Waals surface area contributed by atoms with Gasteiger partial charge >= 0.3 is 0 Å². The highest BCUT2D eigenvalue weighted by molar-refractivity contribution is 9.10. The van der Waals surface area contributed by atoms with Crippen LogP contribution >= 0.6 is 27.3 Å². The Balaban J connectivity index is 2.52. The van der Waals surface area contributed by atoms with Crippen LogP contribution in [-0.2, 0) is 4.79 Å². The van der Waals surface area contributed by atoms with Crippen LogP contribution in [0.1, 0.15) is 18.0 Å². The number of halogens is 1. The lowest BCUT2D eigenvalue weighted by atomic mass is 10.2. The second-order valence-electron chi connectivity index (χ2n) is 2.96. The monoisotopic (exact) mass is 294 g/mol. The van der Waals surface area contributed by atoms with Crippen molar-refractivity contribution in [2.24, 2.45) is 0 Å². The molecule has 2 unspecified atom stereocenters. The number of aliphatic hydroxyl groups excluding tert-OH is 2. The van der Waals surface area contributed by atoms with Crippen molar-refractivity contribution >= 4 is 33.2 Å². The molecule has 1 heterocycles. The number of carbonyl (C=O) groups excluding carboxylic acids is 1. The maximum Gasteiger partial charge on any atom is 0.216 e. The molecule has 5 nitrogen and oxygen atoms in total. The predicted molar refractivity (Wildman–Crippen MR) is 59.5 cm³/mol. The van der Waals surface area contributed by atoms with Crippen molar-refractivity contribution in [3.8, 4) is 0 Å². The third-order valence-corrected chi connectivity index (χ3v) is 3.30. The van der Waals surface area contributed by atoms with Gasteiger partial charge in [-0.25, -0.2) is 4.98 Å². The Morgan fingerprint density at radius 2 is 2.40 bits per heavy atom. The van der Waals surface area contributed by atoms with Crippen molar-refractivity contribution in [3.05, 3.63) is 15.0 Å². The van der Waals surface area contributed by atoms with Crippen LogP contribution in [0.4, 0.5) is 0 Å². The highest BCUT2D eigenvalue weighted by Crippen LogP contribution is 2.23. The van der Waals surface area contributed by atoms with E-state index in [9.17, 15) is 15.0 Å². The number of hydrogen-bond donors (Lipinski definition) is 3. The van der Waals surface area contributed by atoms with Gasteiger partial charge in [-0.3, -0.25) is 4.79 Å². The van der Waals surface area contributed by atoms with Crippen molar-refractivity contribution in [1.29, 1.82) is 0 Å². The number of amides is 1. The van der Waals surface area contributed by atoms with E-state index in [2.05, 4.69) is 26.2 Å². The second kappa shape index (κ2) is 5.55. The summed E-state index contributed by atoms with van der Waals surface area (Å²) in [6, 6.07) is 0. The molecule has 0 aliphatic carbocycles. The quantitative estimate of drug-likeness (QED) is 0.752. The number of hydrogen-bond acceptors (Lipinski definition) is 5. The molecule has 1 amide bonds.